The summed E-state index contributed by atoms with van der Waals surface area (Å²) in [6.07, 6.45) is 4.10. The molecule has 0 unspecified atom stereocenters. The highest BCUT2D eigenvalue weighted by Crippen LogP contribution is 2.37. The fourth-order valence-corrected chi connectivity index (χ4v) is 6.30. The predicted molar refractivity (Wildman–Crippen MR) is 176 cm³/mol. The molecule has 1 atom stereocenters. The van der Waals surface area contributed by atoms with E-state index in [2.05, 4.69) is 24.3 Å². The normalized spacial score (nSPS) is 16.0. The van der Waals surface area contributed by atoms with Gasteiger partial charge in [0.1, 0.15) is 6.04 Å². The summed E-state index contributed by atoms with van der Waals surface area (Å²) in [5, 5.41) is 2.21. The number of carbonyl (C=O) groups excluding carboxylic acids is 3. The van der Waals surface area contributed by atoms with Gasteiger partial charge >= 0.3 is 5.97 Å². The first kappa shape index (κ1) is 32.9. The lowest BCUT2D eigenvalue weighted by molar-refractivity contribution is -0.161. The van der Waals surface area contributed by atoms with E-state index in [1.165, 1.54) is 0 Å². The van der Waals surface area contributed by atoms with Crippen molar-refractivity contribution < 1.29 is 19.1 Å². The quantitative estimate of drug-likeness (QED) is 0.226. The van der Waals surface area contributed by atoms with E-state index in [0.717, 1.165) is 27.5 Å². The molecular weight excluding hydrogens is 550 g/mol. The molecule has 3 aromatic carbocycles. The molecule has 7 heteroatoms. The highest BCUT2D eigenvalue weighted by atomic mass is 16.5. The van der Waals surface area contributed by atoms with Crippen molar-refractivity contribution in [1.82, 2.24) is 9.80 Å². The van der Waals surface area contributed by atoms with Crippen LogP contribution in [0.25, 0.3) is 10.8 Å². The van der Waals surface area contributed by atoms with Gasteiger partial charge in [0.05, 0.1) is 12.0 Å². The maximum absolute atomic E-state index is 14.3. The van der Waals surface area contributed by atoms with Crippen molar-refractivity contribution in [2.75, 3.05) is 26.7 Å². The summed E-state index contributed by atoms with van der Waals surface area (Å²) in [7, 11) is 1.70. The molecule has 7 nitrogen and oxygen atoms in total. The molecule has 0 aromatic heterocycles. The topological polar surface area (TPSA) is 92.9 Å². The minimum Gasteiger partial charge on any atom is -0.466 e. The number of amides is 2. The molecule has 2 N–H and O–H groups in total. The number of piperidine rings is 1. The SMILES string of the molecule is CCOC(=O)C1(Cc2ccccc2)CCN(C(=O)[C@@H](Cc2ccc3ccccc3c2)N(C)C(=O)/C=C(\C)CC(C)(C)N)CC1. The van der Waals surface area contributed by atoms with Crippen LogP contribution in [0.5, 0.6) is 0 Å². The first-order valence-electron chi connectivity index (χ1n) is 15.6. The Morgan fingerprint density at radius 3 is 2.25 bits per heavy atom. The molecule has 0 spiro atoms. The molecule has 2 amide bonds. The second-order valence-corrected chi connectivity index (χ2v) is 13.0. The number of likely N-dealkylation sites (N-methyl/N-ethyl adjacent to an activating group) is 1. The van der Waals surface area contributed by atoms with Crippen LogP contribution in [-0.2, 0) is 32.0 Å². The van der Waals surface area contributed by atoms with Crippen LogP contribution >= 0.6 is 0 Å². The molecule has 4 rings (SSSR count). The van der Waals surface area contributed by atoms with Crippen LogP contribution < -0.4 is 5.73 Å². The highest BCUT2D eigenvalue weighted by molar-refractivity contribution is 5.93. The number of benzene rings is 3. The molecule has 3 aromatic rings. The van der Waals surface area contributed by atoms with E-state index < -0.39 is 17.0 Å². The summed E-state index contributed by atoms with van der Waals surface area (Å²) in [6.45, 7) is 8.71. The molecule has 1 aliphatic heterocycles. The number of hydrogen-bond acceptors (Lipinski definition) is 5. The number of rotatable bonds is 11. The van der Waals surface area contributed by atoms with Gasteiger partial charge in [0.2, 0.25) is 11.8 Å². The Labute approximate surface area is 262 Å². The number of ether oxygens (including phenoxy) is 1. The van der Waals surface area contributed by atoms with E-state index in [1.54, 1.807) is 18.0 Å². The molecule has 1 fully saturated rings. The molecule has 0 bridgehead atoms. The van der Waals surface area contributed by atoms with Gasteiger partial charge in [0.25, 0.3) is 0 Å². The van der Waals surface area contributed by atoms with Crippen molar-refractivity contribution in [2.24, 2.45) is 11.1 Å². The summed E-state index contributed by atoms with van der Waals surface area (Å²) in [5.41, 5.74) is 7.97. The van der Waals surface area contributed by atoms with Crippen molar-refractivity contribution in [1.29, 1.82) is 0 Å². The van der Waals surface area contributed by atoms with Gasteiger partial charge in [-0.1, -0.05) is 78.4 Å². The fraction of sp³-hybridized carbons (Fsp3) is 0.432. The van der Waals surface area contributed by atoms with Gasteiger partial charge in [-0.15, -0.1) is 0 Å². The molecule has 1 heterocycles. The maximum atomic E-state index is 14.3. The first-order valence-corrected chi connectivity index (χ1v) is 15.6. The Bertz CT molecular complexity index is 1480. The smallest absolute Gasteiger partial charge is 0.312 e. The molecule has 0 radical (unpaired) electrons. The van der Waals surface area contributed by atoms with Crippen LogP contribution in [0.2, 0.25) is 0 Å². The Hall–Kier alpha value is -3.97. The van der Waals surface area contributed by atoms with Crippen molar-refractivity contribution >= 4 is 28.6 Å². The lowest BCUT2D eigenvalue weighted by Gasteiger charge is -2.42. The third-order valence-corrected chi connectivity index (χ3v) is 8.57. The van der Waals surface area contributed by atoms with E-state index in [4.69, 9.17) is 10.5 Å². The molecule has 0 saturated carbocycles. The maximum Gasteiger partial charge on any atom is 0.312 e. The number of nitrogens with two attached hydrogens (primary N) is 1. The Morgan fingerprint density at radius 1 is 0.977 bits per heavy atom. The van der Waals surface area contributed by atoms with E-state index in [-0.39, 0.29) is 17.8 Å². The average Bonchev–Trinajstić information content (AvgIpc) is 2.99. The molecule has 234 valence electrons. The van der Waals surface area contributed by atoms with Crippen molar-refractivity contribution in [3.63, 3.8) is 0 Å². The number of fused-ring (bicyclic) bond motifs is 1. The summed E-state index contributed by atoms with van der Waals surface area (Å²) < 4.78 is 5.54. The van der Waals surface area contributed by atoms with Gasteiger partial charge < -0.3 is 20.3 Å². The van der Waals surface area contributed by atoms with Gasteiger partial charge in [-0.25, -0.2) is 0 Å². The lowest BCUT2D eigenvalue weighted by atomic mass is 9.73. The van der Waals surface area contributed by atoms with Crippen LogP contribution in [0.3, 0.4) is 0 Å². The lowest BCUT2D eigenvalue weighted by Crippen LogP contribution is -2.54. The first-order chi connectivity index (χ1) is 20.9. The molecular formula is C37H47N3O4. The van der Waals surface area contributed by atoms with Crippen LogP contribution in [0.1, 0.15) is 58.1 Å². The molecule has 44 heavy (non-hydrogen) atoms. The minimum atomic E-state index is -0.706. The van der Waals surface area contributed by atoms with E-state index in [0.29, 0.717) is 51.8 Å². The largest absolute Gasteiger partial charge is 0.466 e. The summed E-state index contributed by atoms with van der Waals surface area (Å²) in [5.74, 6) is -0.552. The van der Waals surface area contributed by atoms with E-state index >= 15 is 0 Å². The van der Waals surface area contributed by atoms with Gasteiger partial charge in [-0.3, -0.25) is 14.4 Å². The van der Waals surface area contributed by atoms with Crippen molar-refractivity contribution in [3.05, 3.63) is 95.6 Å². The Morgan fingerprint density at radius 2 is 1.61 bits per heavy atom. The average molecular weight is 598 g/mol. The summed E-state index contributed by atoms with van der Waals surface area (Å²) >= 11 is 0. The zero-order chi connectivity index (χ0) is 31.9. The van der Waals surface area contributed by atoms with Gasteiger partial charge in [0.15, 0.2) is 0 Å². The Balaban J connectivity index is 1.58. The third-order valence-electron chi connectivity index (χ3n) is 8.57. The summed E-state index contributed by atoms with van der Waals surface area (Å²) in [6, 6.07) is 23.5. The predicted octanol–water partition coefficient (Wildman–Crippen LogP) is 5.70. The second kappa shape index (κ2) is 14.2. The zero-order valence-electron chi connectivity index (χ0n) is 26.8. The highest BCUT2D eigenvalue weighted by Gasteiger charge is 2.44. The second-order valence-electron chi connectivity index (χ2n) is 13.0. The minimum absolute atomic E-state index is 0.114. The standard InChI is InChI=1S/C37H47N3O4/c1-6-44-35(43)37(26-28-12-8-7-9-13-28)18-20-40(21-19-37)34(42)32(39(5)33(41)22-27(2)25-36(3,4)38)24-29-16-17-30-14-10-11-15-31(30)23-29/h7-17,22-23,32H,6,18-21,24-26,38H2,1-5H3/b27-22+/t32-/m1/s1. The van der Waals surface area contributed by atoms with Crippen LogP contribution in [0, 0.1) is 5.41 Å². The Kier molecular flexibility index (Phi) is 10.6. The number of hydrogen-bond donors (Lipinski definition) is 1. The number of likely N-dealkylation sites (tertiary alicyclic amines) is 1. The third kappa shape index (κ3) is 8.35. The number of esters is 1. The van der Waals surface area contributed by atoms with Crippen LogP contribution in [0.4, 0.5) is 0 Å². The van der Waals surface area contributed by atoms with Gasteiger partial charge in [-0.2, -0.15) is 0 Å². The molecule has 0 aliphatic carbocycles. The monoisotopic (exact) mass is 597 g/mol. The van der Waals surface area contributed by atoms with Crippen molar-refractivity contribution in [2.45, 2.75) is 71.4 Å². The van der Waals surface area contributed by atoms with Gasteiger partial charge in [0, 0.05) is 38.2 Å². The van der Waals surface area contributed by atoms with E-state index in [9.17, 15) is 14.4 Å². The molecule has 1 aliphatic rings. The zero-order valence-corrected chi connectivity index (χ0v) is 26.8. The van der Waals surface area contributed by atoms with Crippen LogP contribution in [0.15, 0.2) is 84.4 Å². The fourth-order valence-electron chi connectivity index (χ4n) is 6.30. The number of nitrogens with zero attached hydrogens (tertiary/aromatic N) is 2. The van der Waals surface area contributed by atoms with Crippen LogP contribution in [-0.4, -0.2) is 65.9 Å². The molecule has 1 saturated heterocycles. The van der Waals surface area contributed by atoms with Crippen molar-refractivity contribution in [3.8, 4) is 0 Å². The van der Waals surface area contributed by atoms with Gasteiger partial charge in [-0.05, 0) is 75.3 Å². The van der Waals surface area contributed by atoms with E-state index in [1.807, 2.05) is 81.1 Å². The number of carbonyl (C=O) groups is 3. The summed E-state index contributed by atoms with van der Waals surface area (Å²) in [4.78, 5) is 44.4.